The minimum atomic E-state index is -2.36. The molecule has 0 aromatic carbocycles. The molecule has 36 heavy (non-hydrogen) atoms. The van der Waals surface area contributed by atoms with Crippen LogP contribution in [0.2, 0.25) is 18.1 Å². The number of allylic oxidation sites excluding steroid dienone is 1. The first-order chi connectivity index (χ1) is 16.6. The molecule has 2 heterocycles. The van der Waals surface area contributed by atoms with Crippen molar-refractivity contribution in [2.75, 3.05) is 13.7 Å². The van der Waals surface area contributed by atoms with Crippen molar-refractivity contribution in [3.05, 3.63) is 12.2 Å². The first-order valence-electron chi connectivity index (χ1n) is 13.4. The van der Waals surface area contributed by atoms with E-state index in [1.165, 1.54) is 7.11 Å². The molecule has 208 valence electrons. The molecule has 0 aliphatic carbocycles. The van der Waals surface area contributed by atoms with Crippen LogP contribution < -0.4 is 10.6 Å². The van der Waals surface area contributed by atoms with Gasteiger partial charge in [0.2, 0.25) is 5.91 Å². The summed E-state index contributed by atoms with van der Waals surface area (Å²) in [6.45, 7) is 19.5. The summed E-state index contributed by atoms with van der Waals surface area (Å²) in [5.41, 5.74) is 0. The monoisotopic (exact) mass is 526 g/mol. The van der Waals surface area contributed by atoms with Gasteiger partial charge in [0, 0.05) is 13.7 Å². The lowest BCUT2D eigenvalue weighted by atomic mass is 10.0. The molecule has 2 aliphatic heterocycles. The first kappa shape index (κ1) is 31.0. The Morgan fingerprint density at radius 1 is 1.25 bits per heavy atom. The number of nitrogens with one attached hydrogen (secondary N) is 2. The van der Waals surface area contributed by atoms with E-state index in [1.807, 2.05) is 19.9 Å². The number of carbonyl (C=O) groups is 2. The summed E-state index contributed by atoms with van der Waals surface area (Å²) in [4.78, 5) is 26.1. The van der Waals surface area contributed by atoms with Crippen molar-refractivity contribution < 1.29 is 28.2 Å². The molecule has 0 aromatic heterocycles. The molecule has 0 bridgehead atoms. The summed E-state index contributed by atoms with van der Waals surface area (Å²) in [5, 5.41) is 5.71. The van der Waals surface area contributed by atoms with Crippen LogP contribution in [0, 0.1) is 5.92 Å². The Morgan fingerprint density at radius 2 is 1.92 bits per heavy atom. The smallest absolute Gasteiger partial charge is 0.252 e. The average molecular weight is 527 g/mol. The second kappa shape index (κ2) is 12.5. The van der Waals surface area contributed by atoms with Crippen LogP contribution in [0.25, 0.3) is 0 Å². The zero-order chi connectivity index (χ0) is 27.3. The van der Waals surface area contributed by atoms with Crippen molar-refractivity contribution in [3.8, 4) is 0 Å². The maximum Gasteiger partial charge on any atom is 0.252 e. The lowest BCUT2D eigenvalue weighted by Gasteiger charge is -2.42. The zero-order valence-corrected chi connectivity index (χ0v) is 25.1. The van der Waals surface area contributed by atoms with Gasteiger partial charge in [0.15, 0.2) is 20.2 Å². The van der Waals surface area contributed by atoms with Gasteiger partial charge >= 0.3 is 0 Å². The molecule has 2 amide bonds. The average Bonchev–Trinajstić information content (AvgIpc) is 2.90. The molecule has 2 rings (SSSR count). The predicted molar refractivity (Wildman–Crippen MR) is 144 cm³/mol. The van der Waals surface area contributed by atoms with E-state index in [1.54, 1.807) is 0 Å². The predicted octanol–water partition coefficient (Wildman–Crippen LogP) is 4.30. The van der Waals surface area contributed by atoms with E-state index in [0.717, 1.165) is 19.3 Å². The van der Waals surface area contributed by atoms with Gasteiger partial charge in [0.05, 0.1) is 0 Å². The highest BCUT2D eigenvalue weighted by Gasteiger charge is 2.52. The Balaban J connectivity index is 2.41. The number of ether oxygens (including phenoxy) is 3. The molecule has 2 fully saturated rings. The molecule has 0 radical (unpaired) electrons. The Kier molecular flexibility index (Phi) is 10.8. The fourth-order valence-electron chi connectivity index (χ4n) is 4.24. The quantitative estimate of drug-likeness (QED) is 0.326. The maximum atomic E-state index is 13.6. The molecule has 0 unspecified atom stereocenters. The number of hydrogen-bond acceptors (Lipinski definition) is 6. The third-order valence-corrected chi connectivity index (χ3v) is 11.8. The van der Waals surface area contributed by atoms with Crippen molar-refractivity contribution >= 4 is 20.1 Å². The molecule has 2 aliphatic rings. The number of methoxy groups -OCH3 is 1. The standard InChI is InChI=1S/C27H50N2O6Si/c1-18(2)14-13-16-20-21(34-27(6,7)33-20)22(35-36(9,10)26(3,4)5)23(32-8)25(31)29-19-15-11-12-17-28-24(19)30/h13,16,18-23H,11-12,14-15,17H2,1-10H3,(H,28,30)(H,29,31)/b16-13+/t19-,20+,21-,22+,23+/m0/s1. The number of rotatable bonds is 10. The highest BCUT2D eigenvalue weighted by atomic mass is 28.4. The zero-order valence-electron chi connectivity index (χ0n) is 24.1. The minimum absolute atomic E-state index is 0.0981. The van der Waals surface area contributed by atoms with Crippen molar-refractivity contribution in [1.82, 2.24) is 10.6 Å². The van der Waals surface area contributed by atoms with E-state index in [9.17, 15) is 9.59 Å². The molecule has 2 N–H and O–H groups in total. The van der Waals surface area contributed by atoms with Crippen molar-refractivity contribution in [2.45, 2.75) is 129 Å². The summed E-state index contributed by atoms with van der Waals surface area (Å²) in [7, 11) is -0.854. The summed E-state index contributed by atoms with van der Waals surface area (Å²) < 4.78 is 25.3. The van der Waals surface area contributed by atoms with E-state index < -0.39 is 44.6 Å². The number of hydrogen-bond donors (Lipinski definition) is 2. The van der Waals surface area contributed by atoms with Crippen LogP contribution in [-0.4, -0.2) is 70.0 Å². The van der Waals surface area contributed by atoms with Crippen LogP contribution in [0.1, 0.15) is 74.1 Å². The molecule has 0 aromatic rings. The van der Waals surface area contributed by atoms with Crippen LogP contribution in [0.5, 0.6) is 0 Å². The molecule has 9 heteroatoms. The van der Waals surface area contributed by atoms with Gasteiger partial charge in [0.25, 0.3) is 5.91 Å². The Hall–Kier alpha value is -1.26. The number of carbonyl (C=O) groups excluding carboxylic acids is 2. The topological polar surface area (TPSA) is 95.1 Å². The second-order valence-electron chi connectivity index (χ2n) is 12.5. The highest BCUT2D eigenvalue weighted by molar-refractivity contribution is 6.74. The SMILES string of the molecule is CO[C@@H](C(=O)N[C@H]1CCCCNC1=O)[C@H](O[Si](C)(C)C(C)(C)C)[C@H]1OC(C)(C)O[C@@H]1/C=C/CC(C)C. The van der Waals surface area contributed by atoms with Crippen molar-refractivity contribution in [2.24, 2.45) is 5.92 Å². The van der Waals surface area contributed by atoms with Gasteiger partial charge < -0.3 is 29.3 Å². The molecule has 2 saturated heterocycles. The Labute approximate surface area is 219 Å². The van der Waals surface area contributed by atoms with E-state index in [-0.39, 0.29) is 16.9 Å². The first-order valence-corrected chi connectivity index (χ1v) is 16.3. The van der Waals surface area contributed by atoms with Gasteiger partial charge in [-0.15, -0.1) is 0 Å². The Morgan fingerprint density at radius 3 is 2.50 bits per heavy atom. The molecule has 8 nitrogen and oxygen atoms in total. The maximum absolute atomic E-state index is 13.6. The van der Waals surface area contributed by atoms with Crippen molar-refractivity contribution in [1.29, 1.82) is 0 Å². The van der Waals surface area contributed by atoms with Crippen molar-refractivity contribution in [3.63, 3.8) is 0 Å². The summed E-state index contributed by atoms with van der Waals surface area (Å²) in [5.74, 6) is -0.865. The fraction of sp³-hybridized carbons (Fsp3) is 0.852. The van der Waals surface area contributed by atoms with Gasteiger partial charge in [-0.1, -0.05) is 46.8 Å². The van der Waals surface area contributed by atoms with Gasteiger partial charge in [0.1, 0.15) is 24.4 Å². The molecular formula is C27H50N2O6Si. The number of amides is 2. The lowest BCUT2D eigenvalue weighted by Crippen LogP contribution is -2.59. The third-order valence-electron chi connectivity index (χ3n) is 7.32. The molecule has 5 atom stereocenters. The van der Waals surface area contributed by atoms with E-state index in [4.69, 9.17) is 18.6 Å². The molecular weight excluding hydrogens is 476 g/mol. The van der Waals surface area contributed by atoms with Gasteiger partial charge in [-0.05, 0) is 63.6 Å². The largest absolute Gasteiger partial charge is 0.408 e. The highest BCUT2D eigenvalue weighted by Crippen LogP contribution is 2.41. The minimum Gasteiger partial charge on any atom is -0.408 e. The summed E-state index contributed by atoms with van der Waals surface area (Å²) in [6.07, 6.45) is 4.73. The van der Waals surface area contributed by atoms with E-state index in [0.29, 0.717) is 18.9 Å². The van der Waals surface area contributed by atoms with Crippen LogP contribution in [0.3, 0.4) is 0 Å². The van der Waals surface area contributed by atoms with Crippen LogP contribution in [-0.2, 0) is 28.2 Å². The van der Waals surface area contributed by atoms with Crippen LogP contribution >= 0.6 is 0 Å². The second-order valence-corrected chi connectivity index (χ2v) is 17.2. The van der Waals surface area contributed by atoms with Crippen LogP contribution in [0.4, 0.5) is 0 Å². The lowest BCUT2D eigenvalue weighted by molar-refractivity contribution is -0.167. The third kappa shape index (κ3) is 8.38. The van der Waals surface area contributed by atoms with E-state index in [2.05, 4.69) is 64.4 Å². The van der Waals surface area contributed by atoms with E-state index >= 15 is 0 Å². The normalized spacial score (nSPS) is 27.1. The Bertz CT molecular complexity index is 777. The van der Waals surface area contributed by atoms with Gasteiger partial charge in [-0.3, -0.25) is 9.59 Å². The summed E-state index contributed by atoms with van der Waals surface area (Å²) in [6, 6.07) is -0.593. The molecule has 0 spiro atoms. The van der Waals surface area contributed by atoms with Gasteiger partial charge in [-0.2, -0.15) is 0 Å². The fourth-order valence-corrected chi connectivity index (χ4v) is 5.54. The molecule has 0 saturated carbocycles. The van der Waals surface area contributed by atoms with Crippen LogP contribution in [0.15, 0.2) is 12.2 Å². The van der Waals surface area contributed by atoms with Gasteiger partial charge in [-0.25, -0.2) is 0 Å². The summed E-state index contributed by atoms with van der Waals surface area (Å²) >= 11 is 0.